The van der Waals surface area contributed by atoms with Gasteiger partial charge in [0, 0.05) is 6.42 Å². The van der Waals surface area contributed by atoms with E-state index < -0.39 is 22.5 Å². The Balaban J connectivity index is 1.17. The van der Waals surface area contributed by atoms with Crippen LogP contribution in [0.2, 0.25) is 0 Å². The van der Waals surface area contributed by atoms with E-state index in [4.69, 9.17) is 0 Å². The van der Waals surface area contributed by atoms with Crippen molar-refractivity contribution in [1.82, 2.24) is 10.0 Å². The molecule has 4 N–H and O–H groups in total. The molecule has 0 saturated heterocycles. The first kappa shape index (κ1) is 32.4. The Morgan fingerprint density at radius 1 is 0.953 bits per heavy atom. The summed E-state index contributed by atoms with van der Waals surface area (Å²) in [6, 6.07) is 7.67. The third kappa shape index (κ3) is 6.02. The van der Waals surface area contributed by atoms with Crippen molar-refractivity contribution in [3.05, 3.63) is 30.3 Å². The number of fused-ring (bicyclic) bond motifs is 5. The summed E-state index contributed by atoms with van der Waals surface area (Å²) < 4.78 is 26.8. The molecule has 8 nitrogen and oxygen atoms in total. The highest BCUT2D eigenvalue weighted by atomic mass is 32.2. The first-order valence-corrected chi connectivity index (χ1v) is 18.0. The fourth-order valence-electron chi connectivity index (χ4n) is 10.6. The standard InChI is InChI=1S/C34H52N2O6S/c1-5-24-28-19-22(37)15-17-34(28,4)27-16-18-33(3)25(12-13-26(33)31(27)32(24)40)21(2)11-14-29(38)35-20-30(39)36-43(41,42)23-9-7-6-8-10-23/h6-10,21-22,24-28,31-32,37,40H,5,11-20H2,1-4H3,(H,35,38)(H,36,39)/t21-,22-,24-,25?,26+,27+,28?,31?,32-,33?,34?/m1/s1. The van der Waals surface area contributed by atoms with Crippen molar-refractivity contribution in [1.29, 1.82) is 0 Å². The maximum atomic E-state index is 12.7. The van der Waals surface area contributed by atoms with Crippen LogP contribution in [0.25, 0.3) is 0 Å². The lowest BCUT2D eigenvalue weighted by Gasteiger charge is -2.64. The van der Waals surface area contributed by atoms with E-state index in [1.54, 1.807) is 18.2 Å². The van der Waals surface area contributed by atoms with Crippen LogP contribution in [0.5, 0.6) is 0 Å². The van der Waals surface area contributed by atoms with Crippen molar-refractivity contribution in [3.63, 3.8) is 0 Å². The van der Waals surface area contributed by atoms with Crippen LogP contribution in [0, 0.1) is 52.3 Å². The van der Waals surface area contributed by atoms with Crippen molar-refractivity contribution in [2.75, 3.05) is 6.54 Å². The number of nitrogens with one attached hydrogen (secondary N) is 2. The molecule has 9 heteroatoms. The number of hydrogen-bond donors (Lipinski definition) is 4. The van der Waals surface area contributed by atoms with Gasteiger partial charge in [-0.2, -0.15) is 0 Å². The second-order valence-electron chi connectivity index (χ2n) is 14.8. The lowest BCUT2D eigenvalue weighted by molar-refractivity contribution is -0.203. The smallest absolute Gasteiger partial charge is 0.264 e. The number of hydrogen-bond acceptors (Lipinski definition) is 6. The summed E-state index contributed by atoms with van der Waals surface area (Å²) in [6.07, 6.45) is 8.62. The van der Waals surface area contributed by atoms with Crippen LogP contribution in [0.15, 0.2) is 35.2 Å². The molecule has 5 unspecified atom stereocenters. The molecule has 0 heterocycles. The minimum atomic E-state index is -3.97. The van der Waals surface area contributed by atoms with E-state index in [0.717, 1.165) is 51.4 Å². The molecule has 5 rings (SSSR count). The van der Waals surface area contributed by atoms with Gasteiger partial charge in [-0.25, -0.2) is 13.1 Å². The van der Waals surface area contributed by atoms with Gasteiger partial charge in [-0.15, -0.1) is 0 Å². The van der Waals surface area contributed by atoms with Gasteiger partial charge in [0.25, 0.3) is 15.9 Å². The Kier molecular flexibility index (Phi) is 9.38. The summed E-state index contributed by atoms with van der Waals surface area (Å²) in [7, 11) is -3.97. The second kappa shape index (κ2) is 12.4. The molecule has 0 radical (unpaired) electrons. The molecule has 4 fully saturated rings. The number of aliphatic hydroxyl groups is 2. The Bertz CT molecular complexity index is 1270. The third-order valence-electron chi connectivity index (χ3n) is 12.7. The molecule has 4 saturated carbocycles. The molecule has 0 spiro atoms. The molecule has 2 amide bonds. The number of rotatable bonds is 9. The lowest BCUT2D eigenvalue weighted by Crippen LogP contribution is -2.62. The highest BCUT2D eigenvalue weighted by Crippen LogP contribution is 2.69. The number of carbonyl (C=O) groups is 2. The summed E-state index contributed by atoms with van der Waals surface area (Å²) in [5.41, 5.74) is 0.305. The zero-order chi connectivity index (χ0) is 31.2. The highest BCUT2D eigenvalue weighted by molar-refractivity contribution is 7.90. The lowest BCUT2D eigenvalue weighted by atomic mass is 9.41. The monoisotopic (exact) mass is 616 g/mol. The van der Waals surface area contributed by atoms with E-state index in [9.17, 15) is 28.2 Å². The van der Waals surface area contributed by atoms with E-state index >= 15 is 0 Å². The third-order valence-corrected chi connectivity index (χ3v) is 14.1. The Morgan fingerprint density at radius 2 is 1.63 bits per heavy atom. The first-order valence-electron chi connectivity index (χ1n) is 16.5. The molecule has 0 aromatic heterocycles. The Labute approximate surface area is 257 Å². The van der Waals surface area contributed by atoms with Gasteiger partial charge in [0.1, 0.15) is 0 Å². The van der Waals surface area contributed by atoms with Crippen LogP contribution in [0.3, 0.4) is 0 Å². The first-order chi connectivity index (χ1) is 20.3. The molecular formula is C34H52N2O6S. The van der Waals surface area contributed by atoms with Crippen molar-refractivity contribution >= 4 is 21.8 Å². The second-order valence-corrected chi connectivity index (χ2v) is 16.4. The molecule has 1 aromatic rings. The largest absolute Gasteiger partial charge is 0.393 e. The summed E-state index contributed by atoms with van der Waals surface area (Å²) in [5.74, 6) is 1.65. The number of benzene rings is 1. The molecule has 0 bridgehead atoms. The van der Waals surface area contributed by atoms with E-state index in [1.165, 1.54) is 12.1 Å². The molecule has 11 atom stereocenters. The average molecular weight is 617 g/mol. The van der Waals surface area contributed by atoms with Crippen LogP contribution >= 0.6 is 0 Å². The molecular weight excluding hydrogens is 564 g/mol. The van der Waals surface area contributed by atoms with Gasteiger partial charge in [-0.3, -0.25) is 9.59 Å². The van der Waals surface area contributed by atoms with E-state index in [0.29, 0.717) is 41.9 Å². The molecule has 1 aromatic carbocycles. The van der Waals surface area contributed by atoms with Crippen LogP contribution < -0.4 is 10.0 Å². The zero-order valence-corrected chi connectivity index (χ0v) is 27.1. The van der Waals surface area contributed by atoms with Crippen molar-refractivity contribution in [2.24, 2.45) is 52.3 Å². The summed E-state index contributed by atoms with van der Waals surface area (Å²) in [5, 5.41) is 25.0. The summed E-state index contributed by atoms with van der Waals surface area (Å²) >= 11 is 0. The highest BCUT2D eigenvalue weighted by Gasteiger charge is 2.64. The van der Waals surface area contributed by atoms with Crippen molar-refractivity contribution in [3.8, 4) is 0 Å². The van der Waals surface area contributed by atoms with Crippen LogP contribution in [0.1, 0.15) is 91.9 Å². The zero-order valence-electron chi connectivity index (χ0n) is 26.3. The van der Waals surface area contributed by atoms with Crippen molar-refractivity contribution < 1.29 is 28.2 Å². The summed E-state index contributed by atoms with van der Waals surface area (Å²) in [4.78, 5) is 24.9. The Hall–Kier alpha value is -1.97. The number of amides is 2. The van der Waals surface area contributed by atoms with Gasteiger partial charge in [0.2, 0.25) is 5.91 Å². The van der Waals surface area contributed by atoms with Gasteiger partial charge < -0.3 is 15.5 Å². The van der Waals surface area contributed by atoms with Crippen LogP contribution in [0.4, 0.5) is 0 Å². The number of carbonyl (C=O) groups excluding carboxylic acids is 2. The van der Waals surface area contributed by atoms with E-state index in [-0.39, 0.29) is 46.2 Å². The summed E-state index contributed by atoms with van der Waals surface area (Å²) in [6.45, 7) is 8.95. The van der Waals surface area contributed by atoms with E-state index in [1.807, 2.05) is 4.72 Å². The Morgan fingerprint density at radius 3 is 2.33 bits per heavy atom. The predicted octanol–water partition coefficient (Wildman–Crippen LogP) is 4.65. The van der Waals surface area contributed by atoms with Gasteiger partial charge >= 0.3 is 0 Å². The fraction of sp³-hybridized carbons (Fsp3) is 0.765. The topological polar surface area (TPSA) is 133 Å². The number of sulfonamides is 1. The minimum Gasteiger partial charge on any atom is -0.393 e. The molecule has 0 aliphatic heterocycles. The van der Waals surface area contributed by atoms with Gasteiger partial charge in [-0.05, 0) is 116 Å². The quantitative estimate of drug-likeness (QED) is 0.319. The minimum absolute atomic E-state index is 0.00155. The number of aliphatic hydroxyl groups excluding tert-OH is 2. The SMILES string of the molecule is CC[C@@H]1C2C[C@H](O)CCC2(C)[C@H]2CCC3(C)C([C@H](C)CCC(=O)NCC(=O)NS(=O)(=O)c4ccccc4)CC[C@H]3C2[C@@H]1O. The van der Waals surface area contributed by atoms with Crippen molar-refractivity contribution in [2.45, 2.75) is 109 Å². The van der Waals surface area contributed by atoms with Crippen LogP contribution in [-0.4, -0.2) is 49.2 Å². The normalized spacial score (nSPS) is 39.6. The predicted molar refractivity (Wildman–Crippen MR) is 165 cm³/mol. The molecule has 4 aliphatic carbocycles. The van der Waals surface area contributed by atoms with Gasteiger partial charge in [0.05, 0.1) is 23.6 Å². The van der Waals surface area contributed by atoms with E-state index in [2.05, 4.69) is 33.0 Å². The molecule has 43 heavy (non-hydrogen) atoms. The van der Waals surface area contributed by atoms with Crippen LogP contribution in [-0.2, 0) is 19.6 Å². The van der Waals surface area contributed by atoms with Gasteiger partial charge in [-0.1, -0.05) is 52.3 Å². The molecule has 4 aliphatic rings. The fourth-order valence-corrected chi connectivity index (χ4v) is 11.6. The maximum Gasteiger partial charge on any atom is 0.264 e. The maximum absolute atomic E-state index is 12.7. The average Bonchev–Trinajstić information content (AvgIpc) is 3.33. The van der Waals surface area contributed by atoms with Gasteiger partial charge in [0.15, 0.2) is 0 Å². The molecule has 240 valence electrons.